The number of anilines is 1. The van der Waals surface area contributed by atoms with Crippen LogP contribution in [0, 0.1) is 6.92 Å². The summed E-state index contributed by atoms with van der Waals surface area (Å²) < 4.78 is 1.52. The molecule has 0 spiro atoms. The summed E-state index contributed by atoms with van der Waals surface area (Å²) in [6.45, 7) is 2.78. The average molecular weight is 265 g/mol. The van der Waals surface area contributed by atoms with Gasteiger partial charge < -0.3 is 11.1 Å². The van der Waals surface area contributed by atoms with Crippen LogP contribution in [0.5, 0.6) is 0 Å². The van der Waals surface area contributed by atoms with Crippen LogP contribution in [0.3, 0.4) is 0 Å². The molecule has 0 fully saturated rings. The van der Waals surface area contributed by atoms with Crippen molar-refractivity contribution in [3.63, 3.8) is 0 Å². The molecule has 0 unspecified atom stereocenters. The molecule has 2 aromatic rings. The van der Waals surface area contributed by atoms with Gasteiger partial charge in [-0.25, -0.2) is 4.98 Å². The number of carbonyl (C=O) groups excluding carboxylic acids is 1. The maximum absolute atomic E-state index is 11.6. The standard InChI is InChI=1S/C11H15N5OS/c1-8-10(18-7-14-8)2-3-13-11(17)6-16-5-9(12)4-15-16/h4-5,7H,2-3,6,12H2,1H3,(H,13,17). The second-order valence-electron chi connectivity index (χ2n) is 3.93. The first-order chi connectivity index (χ1) is 8.65. The van der Waals surface area contributed by atoms with E-state index < -0.39 is 0 Å². The van der Waals surface area contributed by atoms with Crippen LogP contribution in [0.25, 0.3) is 0 Å². The number of hydrogen-bond acceptors (Lipinski definition) is 5. The third-order valence-corrected chi connectivity index (χ3v) is 3.47. The molecule has 0 saturated carbocycles. The molecule has 2 aromatic heterocycles. The van der Waals surface area contributed by atoms with E-state index in [4.69, 9.17) is 5.73 Å². The van der Waals surface area contributed by atoms with E-state index in [1.807, 2.05) is 12.4 Å². The Kier molecular flexibility index (Phi) is 3.93. The highest BCUT2D eigenvalue weighted by molar-refractivity contribution is 7.09. The minimum atomic E-state index is -0.0692. The molecule has 0 bridgehead atoms. The third kappa shape index (κ3) is 3.30. The third-order valence-electron chi connectivity index (χ3n) is 2.48. The summed E-state index contributed by atoms with van der Waals surface area (Å²) in [5, 5.41) is 6.79. The number of hydrogen-bond donors (Lipinski definition) is 2. The molecule has 6 nitrogen and oxygen atoms in total. The van der Waals surface area contributed by atoms with E-state index in [1.165, 1.54) is 15.8 Å². The van der Waals surface area contributed by atoms with Crippen molar-refractivity contribution in [1.82, 2.24) is 20.1 Å². The first-order valence-electron chi connectivity index (χ1n) is 5.59. The average Bonchev–Trinajstić information content (AvgIpc) is 2.89. The Labute approximate surface area is 109 Å². The van der Waals surface area contributed by atoms with Crippen LogP contribution < -0.4 is 11.1 Å². The predicted molar refractivity (Wildman–Crippen MR) is 70.2 cm³/mol. The molecule has 96 valence electrons. The van der Waals surface area contributed by atoms with Crippen LogP contribution in [-0.4, -0.2) is 27.2 Å². The van der Waals surface area contributed by atoms with Crippen LogP contribution in [0.1, 0.15) is 10.6 Å². The molecular formula is C11H15N5OS. The van der Waals surface area contributed by atoms with E-state index in [0.717, 1.165) is 12.1 Å². The Hall–Kier alpha value is -1.89. The van der Waals surface area contributed by atoms with Crippen LogP contribution >= 0.6 is 11.3 Å². The molecule has 2 heterocycles. The molecule has 7 heteroatoms. The summed E-state index contributed by atoms with van der Waals surface area (Å²) in [7, 11) is 0. The molecule has 0 aliphatic heterocycles. The lowest BCUT2D eigenvalue weighted by Crippen LogP contribution is -2.29. The van der Waals surface area contributed by atoms with Crippen molar-refractivity contribution >= 4 is 22.9 Å². The molecule has 2 rings (SSSR count). The first-order valence-corrected chi connectivity index (χ1v) is 6.46. The molecule has 0 aromatic carbocycles. The van der Waals surface area contributed by atoms with E-state index in [1.54, 1.807) is 17.5 Å². The van der Waals surface area contributed by atoms with Crippen LogP contribution in [-0.2, 0) is 17.8 Å². The Morgan fingerprint density at radius 1 is 1.61 bits per heavy atom. The molecule has 18 heavy (non-hydrogen) atoms. The quantitative estimate of drug-likeness (QED) is 0.828. The number of carbonyl (C=O) groups is 1. The summed E-state index contributed by atoms with van der Waals surface area (Å²) in [4.78, 5) is 17.0. The number of thiazole rings is 1. The Balaban J connectivity index is 1.74. The van der Waals surface area contributed by atoms with Crippen LogP contribution in [0.15, 0.2) is 17.9 Å². The van der Waals surface area contributed by atoms with Gasteiger partial charge in [0.2, 0.25) is 5.91 Å². The van der Waals surface area contributed by atoms with Crippen molar-refractivity contribution in [2.75, 3.05) is 12.3 Å². The Morgan fingerprint density at radius 2 is 2.44 bits per heavy atom. The molecule has 0 radical (unpaired) electrons. The molecule has 1 amide bonds. The fraction of sp³-hybridized carbons (Fsp3) is 0.364. The van der Waals surface area contributed by atoms with E-state index in [2.05, 4.69) is 15.4 Å². The summed E-state index contributed by atoms with van der Waals surface area (Å²) in [6.07, 6.45) is 3.96. The molecule has 0 saturated heterocycles. The second kappa shape index (κ2) is 5.63. The molecule has 0 atom stereocenters. The minimum Gasteiger partial charge on any atom is -0.396 e. The van der Waals surface area contributed by atoms with Gasteiger partial charge in [0.05, 0.1) is 23.1 Å². The monoisotopic (exact) mass is 265 g/mol. The molecule has 0 aliphatic rings. The lowest BCUT2D eigenvalue weighted by atomic mass is 10.3. The van der Waals surface area contributed by atoms with Crippen molar-refractivity contribution < 1.29 is 4.79 Å². The maximum Gasteiger partial charge on any atom is 0.241 e. The van der Waals surface area contributed by atoms with Gasteiger partial charge in [-0.05, 0) is 6.92 Å². The largest absolute Gasteiger partial charge is 0.396 e. The maximum atomic E-state index is 11.6. The number of nitrogens with one attached hydrogen (secondary N) is 1. The van der Waals surface area contributed by atoms with Crippen LogP contribution in [0.2, 0.25) is 0 Å². The first kappa shape index (κ1) is 12.6. The number of nitrogens with two attached hydrogens (primary N) is 1. The highest BCUT2D eigenvalue weighted by atomic mass is 32.1. The topological polar surface area (TPSA) is 85.8 Å². The Morgan fingerprint density at radius 3 is 3.06 bits per heavy atom. The van der Waals surface area contributed by atoms with E-state index in [9.17, 15) is 4.79 Å². The fourth-order valence-corrected chi connectivity index (χ4v) is 2.33. The summed E-state index contributed by atoms with van der Waals surface area (Å²) in [6, 6.07) is 0. The van der Waals surface area contributed by atoms with Crippen molar-refractivity contribution in [1.29, 1.82) is 0 Å². The van der Waals surface area contributed by atoms with Gasteiger partial charge in [0, 0.05) is 24.0 Å². The normalized spacial score (nSPS) is 10.5. The van der Waals surface area contributed by atoms with Crippen molar-refractivity contribution in [2.24, 2.45) is 0 Å². The van der Waals surface area contributed by atoms with Gasteiger partial charge in [0.15, 0.2) is 0 Å². The number of aromatic nitrogens is 3. The zero-order valence-corrected chi connectivity index (χ0v) is 10.9. The zero-order valence-electron chi connectivity index (χ0n) is 10.1. The lowest BCUT2D eigenvalue weighted by molar-refractivity contribution is -0.121. The highest BCUT2D eigenvalue weighted by Gasteiger charge is 2.05. The van der Waals surface area contributed by atoms with Gasteiger partial charge in [0.1, 0.15) is 6.54 Å². The predicted octanol–water partition coefficient (Wildman–Crippen LogP) is 0.589. The van der Waals surface area contributed by atoms with Gasteiger partial charge in [-0.2, -0.15) is 5.10 Å². The lowest BCUT2D eigenvalue weighted by Gasteiger charge is -2.04. The summed E-state index contributed by atoms with van der Waals surface area (Å²) >= 11 is 1.61. The fourth-order valence-electron chi connectivity index (χ4n) is 1.55. The zero-order chi connectivity index (χ0) is 13.0. The van der Waals surface area contributed by atoms with Crippen LogP contribution in [0.4, 0.5) is 5.69 Å². The number of nitrogens with zero attached hydrogens (tertiary/aromatic N) is 3. The minimum absolute atomic E-state index is 0.0692. The SMILES string of the molecule is Cc1ncsc1CCNC(=O)Cn1cc(N)cn1. The number of nitrogen functional groups attached to an aromatic ring is 1. The molecule has 3 N–H and O–H groups in total. The van der Waals surface area contributed by atoms with Gasteiger partial charge in [-0.3, -0.25) is 9.48 Å². The van der Waals surface area contributed by atoms with Gasteiger partial charge in [0.25, 0.3) is 0 Å². The summed E-state index contributed by atoms with van der Waals surface area (Å²) in [5.74, 6) is -0.0692. The summed E-state index contributed by atoms with van der Waals surface area (Å²) in [5.41, 5.74) is 8.93. The van der Waals surface area contributed by atoms with Crippen molar-refractivity contribution in [3.8, 4) is 0 Å². The molecular weight excluding hydrogens is 250 g/mol. The van der Waals surface area contributed by atoms with Gasteiger partial charge in [-0.15, -0.1) is 11.3 Å². The second-order valence-corrected chi connectivity index (χ2v) is 4.87. The van der Waals surface area contributed by atoms with Gasteiger partial charge >= 0.3 is 0 Å². The van der Waals surface area contributed by atoms with E-state index in [-0.39, 0.29) is 12.5 Å². The number of aryl methyl sites for hydroxylation is 1. The number of amides is 1. The molecule has 0 aliphatic carbocycles. The Bertz CT molecular complexity index is 533. The number of rotatable bonds is 5. The van der Waals surface area contributed by atoms with E-state index >= 15 is 0 Å². The smallest absolute Gasteiger partial charge is 0.241 e. The van der Waals surface area contributed by atoms with E-state index in [0.29, 0.717) is 12.2 Å². The van der Waals surface area contributed by atoms with Crippen molar-refractivity contribution in [3.05, 3.63) is 28.5 Å². The van der Waals surface area contributed by atoms with Gasteiger partial charge in [-0.1, -0.05) is 0 Å². The van der Waals surface area contributed by atoms with Crippen molar-refractivity contribution in [2.45, 2.75) is 19.9 Å². The highest BCUT2D eigenvalue weighted by Crippen LogP contribution is 2.11.